The van der Waals surface area contributed by atoms with Crippen LogP contribution < -0.4 is 11.6 Å². The SMILES string of the molecule is CCc1ccc(CN(N)C(N)=S)c(CC)c1. The first-order chi connectivity index (χ1) is 7.58. The Kier molecular flexibility index (Phi) is 4.71. The van der Waals surface area contributed by atoms with Gasteiger partial charge in [0.15, 0.2) is 5.11 Å². The van der Waals surface area contributed by atoms with Crippen molar-refractivity contribution < 1.29 is 0 Å². The van der Waals surface area contributed by atoms with Gasteiger partial charge in [-0.1, -0.05) is 32.0 Å². The Morgan fingerprint density at radius 2 is 1.94 bits per heavy atom. The number of rotatable bonds is 4. The Morgan fingerprint density at radius 3 is 2.44 bits per heavy atom. The van der Waals surface area contributed by atoms with Gasteiger partial charge in [0.1, 0.15) is 0 Å². The van der Waals surface area contributed by atoms with Crippen LogP contribution in [0.25, 0.3) is 0 Å². The van der Waals surface area contributed by atoms with Gasteiger partial charge in [-0.2, -0.15) is 0 Å². The summed E-state index contributed by atoms with van der Waals surface area (Å²) in [5, 5.41) is 1.62. The van der Waals surface area contributed by atoms with Gasteiger partial charge in [0, 0.05) is 0 Å². The predicted octanol–water partition coefficient (Wildman–Crippen LogP) is 1.73. The van der Waals surface area contributed by atoms with E-state index in [0.717, 1.165) is 12.8 Å². The minimum atomic E-state index is 0.224. The number of hydrogen-bond acceptors (Lipinski definition) is 2. The van der Waals surface area contributed by atoms with Crippen molar-refractivity contribution in [3.8, 4) is 0 Å². The predicted molar refractivity (Wildman–Crippen MR) is 71.7 cm³/mol. The lowest BCUT2D eigenvalue weighted by Crippen LogP contribution is -2.40. The summed E-state index contributed by atoms with van der Waals surface area (Å²) in [6.07, 6.45) is 2.04. The Labute approximate surface area is 102 Å². The van der Waals surface area contributed by atoms with Crippen LogP contribution in [0.15, 0.2) is 18.2 Å². The van der Waals surface area contributed by atoms with Gasteiger partial charge < -0.3 is 5.73 Å². The molecule has 0 saturated carbocycles. The van der Waals surface area contributed by atoms with Crippen LogP contribution >= 0.6 is 12.2 Å². The summed E-state index contributed by atoms with van der Waals surface area (Å²) in [5.41, 5.74) is 9.31. The molecule has 4 heteroatoms. The smallest absolute Gasteiger partial charge is 0.180 e. The maximum Gasteiger partial charge on any atom is 0.180 e. The lowest BCUT2D eigenvalue weighted by Gasteiger charge is -2.18. The molecule has 0 bridgehead atoms. The molecule has 0 saturated heterocycles. The molecule has 1 aromatic rings. The highest BCUT2D eigenvalue weighted by Crippen LogP contribution is 2.14. The molecule has 0 aliphatic carbocycles. The molecule has 4 N–H and O–H groups in total. The molecule has 3 nitrogen and oxygen atoms in total. The molecule has 16 heavy (non-hydrogen) atoms. The van der Waals surface area contributed by atoms with Crippen LogP contribution in [0.4, 0.5) is 0 Å². The van der Waals surface area contributed by atoms with Gasteiger partial charge in [-0.05, 0) is 41.7 Å². The molecule has 0 spiro atoms. The Bertz CT molecular complexity index is 377. The van der Waals surface area contributed by atoms with Crippen LogP contribution in [0, 0.1) is 0 Å². The van der Waals surface area contributed by atoms with Crippen LogP contribution in [0.1, 0.15) is 30.5 Å². The summed E-state index contributed by atoms with van der Waals surface area (Å²) in [5.74, 6) is 5.71. The molecule has 0 radical (unpaired) electrons. The van der Waals surface area contributed by atoms with Crippen molar-refractivity contribution in [3.63, 3.8) is 0 Å². The molecule has 0 fully saturated rings. The van der Waals surface area contributed by atoms with E-state index in [9.17, 15) is 0 Å². The highest BCUT2D eigenvalue weighted by atomic mass is 32.1. The molecule has 0 aliphatic heterocycles. The molecule has 1 aromatic carbocycles. The number of thiocarbonyl (C=S) groups is 1. The largest absolute Gasteiger partial charge is 0.375 e. The van der Waals surface area contributed by atoms with E-state index in [-0.39, 0.29) is 5.11 Å². The van der Waals surface area contributed by atoms with Gasteiger partial charge in [-0.25, -0.2) is 5.84 Å². The fourth-order valence-corrected chi connectivity index (χ4v) is 1.71. The highest BCUT2D eigenvalue weighted by Gasteiger charge is 2.06. The zero-order chi connectivity index (χ0) is 12.1. The third-order valence-electron chi connectivity index (χ3n) is 2.68. The van der Waals surface area contributed by atoms with Gasteiger partial charge in [0.25, 0.3) is 0 Å². The van der Waals surface area contributed by atoms with Gasteiger partial charge in [0.2, 0.25) is 0 Å². The second-order valence-corrected chi connectivity index (χ2v) is 4.19. The van der Waals surface area contributed by atoms with Gasteiger partial charge in [-0.15, -0.1) is 0 Å². The van der Waals surface area contributed by atoms with Gasteiger partial charge in [-0.3, -0.25) is 5.01 Å². The number of nitrogens with two attached hydrogens (primary N) is 2. The van der Waals surface area contributed by atoms with E-state index in [1.807, 2.05) is 0 Å². The third-order valence-corrected chi connectivity index (χ3v) is 2.92. The lowest BCUT2D eigenvalue weighted by atomic mass is 10.0. The van der Waals surface area contributed by atoms with E-state index >= 15 is 0 Å². The number of aryl methyl sites for hydroxylation is 2. The summed E-state index contributed by atoms with van der Waals surface area (Å²) >= 11 is 4.82. The molecule has 88 valence electrons. The van der Waals surface area contributed by atoms with E-state index in [1.165, 1.54) is 21.7 Å². The van der Waals surface area contributed by atoms with Crippen molar-refractivity contribution in [1.82, 2.24) is 5.01 Å². The first kappa shape index (κ1) is 12.9. The van der Waals surface area contributed by atoms with Crippen LogP contribution in [-0.2, 0) is 19.4 Å². The van der Waals surface area contributed by atoms with E-state index in [4.69, 9.17) is 23.8 Å². The second-order valence-electron chi connectivity index (χ2n) is 3.78. The first-order valence-electron chi connectivity index (χ1n) is 5.50. The van der Waals surface area contributed by atoms with Crippen molar-refractivity contribution in [3.05, 3.63) is 34.9 Å². The maximum absolute atomic E-state index is 5.71. The number of hydrazine groups is 1. The maximum atomic E-state index is 5.71. The second kappa shape index (κ2) is 5.82. The summed E-state index contributed by atoms with van der Waals surface area (Å²) in [4.78, 5) is 0. The van der Waals surface area contributed by atoms with Crippen molar-refractivity contribution in [2.75, 3.05) is 0 Å². The normalized spacial score (nSPS) is 10.2. The van der Waals surface area contributed by atoms with Crippen LogP contribution in [-0.4, -0.2) is 10.1 Å². The lowest BCUT2D eigenvalue weighted by molar-refractivity contribution is 0.436. The summed E-state index contributed by atoms with van der Waals surface area (Å²) in [6.45, 7) is 4.86. The first-order valence-corrected chi connectivity index (χ1v) is 5.91. The number of nitrogens with zero attached hydrogens (tertiary/aromatic N) is 1. The summed E-state index contributed by atoms with van der Waals surface area (Å²) < 4.78 is 0. The molecule has 1 rings (SSSR count). The Morgan fingerprint density at radius 1 is 1.25 bits per heavy atom. The molecule has 0 heterocycles. The summed E-state index contributed by atoms with van der Waals surface area (Å²) in [7, 11) is 0. The molecule has 0 amide bonds. The standard InChI is InChI=1S/C12H19N3S/c1-3-9-5-6-11(10(4-2)7-9)8-15(14)12(13)16/h5-7H,3-4,8,14H2,1-2H3,(H2,13,16). The average Bonchev–Trinajstić information content (AvgIpc) is 2.29. The van der Waals surface area contributed by atoms with Crippen molar-refractivity contribution >= 4 is 17.3 Å². The number of benzene rings is 1. The zero-order valence-electron chi connectivity index (χ0n) is 9.86. The Balaban J connectivity index is 2.91. The summed E-state index contributed by atoms with van der Waals surface area (Å²) in [6, 6.07) is 6.46. The zero-order valence-corrected chi connectivity index (χ0v) is 10.7. The fraction of sp³-hybridized carbons (Fsp3) is 0.417. The van der Waals surface area contributed by atoms with Crippen LogP contribution in [0.2, 0.25) is 0 Å². The molecule has 0 aromatic heterocycles. The molecule has 0 atom stereocenters. The molecule has 0 unspecified atom stereocenters. The minimum absolute atomic E-state index is 0.224. The van der Waals surface area contributed by atoms with E-state index in [0.29, 0.717) is 6.54 Å². The van der Waals surface area contributed by atoms with Crippen molar-refractivity contribution in [2.45, 2.75) is 33.2 Å². The fourth-order valence-electron chi connectivity index (χ4n) is 1.64. The topological polar surface area (TPSA) is 55.3 Å². The van der Waals surface area contributed by atoms with Crippen molar-refractivity contribution in [1.29, 1.82) is 0 Å². The van der Waals surface area contributed by atoms with Crippen LogP contribution in [0.5, 0.6) is 0 Å². The van der Waals surface area contributed by atoms with Gasteiger partial charge >= 0.3 is 0 Å². The van der Waals surface area contributed by atoms with E-state index < -0.39 is 0 Å². The number of hydrogen-bond donors (Lipinski definition) is 2. The van der Waals surface area contributed by atoms with Crippen molar-refractivity contribution in [2.24, 2.45) is 11.6 Å². The van der Waals surface area contributed by atoms with Crippen LogP contribution in [0.3, 0.4) is 0 Å². The monoisotopic (exact) mass is 237 g/mol. The highest BCUT2D eigenvalue weighted by molar-refractivity contribution is 7.80. The quantitative estimate of drug-likeness (QED) is 0.476. The average molecular weight is 237 g/mol. The van der Waals surface area contributed by atoms with Gasteiger partial charge in [0.05, 0.1) is 6.54 Å². The molecular formula is C12H19N3S. The molecule has 0 aliphatic rings. The molecular weight excluding hydrogens is 218 g/mol. The van der Waals surface area contributed by atoms with E-state index in [1.54, 1.807) is 0 Å². The third kappa shape index (κ3) is 3.18. The Hall–Kier alpha value is -1.13. The minimum Gasteiger partial charge on any atom is -0.375 e. The van der Waals surface area contributed by atoms with E-state index in [2.05, 4.69) is 32.0 Å².